The molecule has 2 aromatic carbocycles. The molecule has 0 saturated heterocycles. The number of halogens is 2. The van der Waals surface area contributed by atoms with Crippen LogP contribution in [0.5, 0.6) is 5.75 Å². The van der Waals surface area contributed by atoms with Crippen molar-refractivity contribution in [3.8, 4) is 5.75 Å². The molecule has 126 valence electrons. The quantitative estimate of drug-likeness (QED) is 0.804. The average molecular weight is 368 g/mol. The van der Waals surface area contributed by atoms with E-state index in [-0.39, 0.29) is 5.91 Å². The van der Waals surface area contributed by atoms with Gasteiger partial charge in [0.15, 0.2) is 6.10 Å². The fourth-order valence-corrected chi connectivity index (χ4v) is 2.32. The van der Waals surface area contributed by atoms with Gasteiger partial charge in [-0.25, -0.2) is 4.79 Å². The molecule has 0 spiro atoms. The third-order valence-corrected chi connectivity index (χ3v) is 3.67. The fraction of sp³-hybridized carbons (Fsp3) is 0.176. The van der Waals surface area contributed by atoms with Gasteiger partial charge >= 0.3 is 5.97 Å². The normalized spacial score (nSPS) is 11.5. The molecule has 24 heavy (non-hydrogen) atoms. The standard InChI is InChI=1S/C17H15Cl2NO4/c1-10(24-15-8-5-12(18)9-14(15)19)16(21)20-13-6-3-11(4-7-13)17(22)23-2/h3-10H,1-2H3,(H,20,21). The van der Waals surface area contributed by atoms with Gasteiger partial charge in [-0.15, -0.1) is 0 Å². The fourth-order valence-electron chi connectivity index (χ4n) is 1.87. The first-order valence-electron chi connectivity index (χ1n) is 7.01. The van der Waals surface area contributed by atoms with Gasteiger partial charge in [0.05, 0.1) is 17.7 Å². The van der Waals surface area contributed by atoms with Crippen LogP contribution in [0.15, 0.2) is 42.5 Å². The minimum atomic E-state index is -0.774. The second-order valence-electron chi connectivity index (χ2n) is 4.89. The van der Waals surface area contributed by atoms with E-state index in [0.717, 1.165) is 0 Å². The van der Waals surface area contributed by atoms with Crippen molar-refractivity contribution in [2.24, 2.45) is 0 Å². The first-order valence-corrected chi connectivity index (χ1v) is 7.77. The summed E-state index contributed by atoms with van der Waals surface area (Å²) in [6, 6.07) is 11.1. The topological polar surface area (TPSA) is 64.6 Å². The number of amides is 1. The Labute approximate surface area is 149 Å². The van der Waals surface area contributed by atoms with E-state index in [1.165, 1.54) is 13.2 Å². The van der Waals surface area contributed by atoms with E-state index in [0.29, 0.717) is 27.0 Å². The van der Waals surface area contributed by atoms with Crippen LogP contribution in [0.4, 0.5) is 5.69 Å². The zero-order valence-corrected chi connectivity index (χ0v) is 14.5. The number of hydrogen-bond donors (Lipinski definition) is 1. The molecule has 2 aromatic rings. The number of methoxy groups -OCH3 is 1. The summed E-state index contributed by atoms with van der Waals surface area (Å²) in [6.07, 6.45) is -0.774. The van der Waals surface area contributed by atoms with E-state index >= 15 is 0 Å². The van der Waals surface area contributed by atoms with Crippen molar-refractivity contribution in [3.05, 3.63) is 58.1 Å². The van der Waals surface area contributed by atoms with E-state index in [2.05, 4.69) is 10.1 Å². The molecule has 1 atom stereocenters. The minimum Gasteiger partial charge on any atom is -0.479 e. The molecule has 2 rings (SSSR count). The number of rotatable bonds is 5. The van der Waals surface area contributed by atoms with Crippen molar-refractivity contribution >= 4 is 40.8 Å². The smallest absolute Gasteiger partial charge is 0.337 e. The zero-order valence-electron chi connectivity index (χ0n) is 13.0. The van der Waals surface area contributed by atoms with Crippen LogP contribution < -0.4 is 10.1 Å². The van der Waals surface area contributed by atoms with Crippen LogP contribution in [-0.4, -0.2) is 25.1 Å². The Bertz CT molecular complexity index is 747. The Balaban J connectivity index is 1.99. The SMILES string of the molecule is COC(=O)c1ccc(NC(=O)C(C)Oc2ccc(Cl)cc2Cl)cc1. The maximum atomic E-state index is 12.2. The van der Waals surface area contributed by atoms with Gasteiger partial charge in [-0.05, 0) is 49.4 Å². The van der Waals surface area contributed by atoms with E-state index in [1.54, 1.807) is 43.3 Å². The van der Waals surface area contributed by atoms with E-state index in [9.17, 15) is 9.59 Å². The lowest BCUT2D eigenvalue weighted by atomic mass is 10.2. The summed E-state index contributed by atoms with van der Waals surface area (Å²) in [4.78, 5) is 23.5. The number of hydrogen-bond acceptors (Lipinski definition) is 4. The summed E-state index contributed by atoms with van der Waals surface area (Å²) in [7, 11) is 1.30. The predicted octanol–water partition coefficient (Wildman–Crippen LogP) is 4.19. The van der Waals surface area contributed by atoms with E-state index < -0.39 is 12.1 Å². The van der Waals surface area contributed by atoms with Crippen LogP contribution in [0.1, 0.15) is 17.3 Å². The second-order valence-corrected chi connectivity index (χ2v) is 5.74. The third-order valence-electron chi connectivity index (χ3n) is 3.14. The maximum absolute atomic E-state index is 12.2. The number of anilines is 1. The van der Waals surface area contributed by atoms with Gasteiger partial charge in [0, 0.05) is 10.7 Å². The summed E-state index contributed by atoms with van der Waals surface area (Å²) in [5.41, 5.74) is 0.929. The predicted molar refractivity (Wildman–Crippen MR) is 93.0 cm³/mol. The molecule has 0 aliphatic heterocycles. The first-order chi connectivity index (χ1) is 11.4. The number of ether oxygens (including phenoxy) is 2. The third kappa shape index (κ3) is 4.63. The lowest BCUT2D eigenvalue weighted by Gasteiger charge is -2.16. The molecule has 0 aromatic heterocycles. The number of nitrogens with one attached hydrogen (secondary N) is 1. The molecule has 1 unspecified atom stereocenters. The van der Waals surface area contributed by atoms with Crippen LogP contribution in [0, 0.1) is 0 Å². The summed E-state index contributed by atoms with van der Waals surface area (Å²) < 4.78 is 10.1. The van der Waals surface area contributed by atoms with Gasteiger partial charge in [0.1, 0.15) is 5.75 Å². The highest BCUT2D eigenvalue weighted by Gasteiger charge is 2.16. The van der Waals surface area contributed by atoms with Crippen LogP contribution in [0.25, 0.3) is 0 Å². The van der Waals surface area contributed by atoms with Gasteiger partial charge < -0.3 is 14.8 Å². The Morgan fingerprint density at radius 1 is 1.08 bits per heavy atom. The van der Waals surface area contributed by atoms with Crippen molar-refractivity contribution < 1.29 is 19.1 Å². The lowest BCUT2D eigenvalue weighted by molar-refractivity contribution is -0.122. The Morgan fingerprint density at radius 3 is 2.33 bits per heavy atom. The Kier molecular flexibility index (Phi) is 6.06. The van der Waals surface area contributed by atoms with Crippen molar-refractivity contribution in [2.45, 2.75) is 13.0 Å². The second kappa shape index (κ2) is 8.04. The monoisotopic (exact) mass is 367 g/mol. The summed E-state index contributed by atoms with van der Waals surface area (Å²) in [5.74, 6) is -0.432. The molecule has 0 bridgehead atoms. The van der Waals surface area contributed by atoms with Crippen LogP contribution in [0.2, 0.25) is 10.0 Å². The molecule has 1 N–H and O–H groups in total. The molecule has 5 nitrogen and oxygen atoms in total. The number of carbonyl (C=O) groups excluding carboxylic acids is 2. The summed E-state index contributed by atoms with van der Waals surface area (Å²) >= 11 is 11.8. The highest BCUT2D eigenvalue weighted by molar-refractivity contribution is 6.35. The minimum absolute atomic E-state index is 0.324. The maximum Gasteiger partial charge on any atom is 0.337 e. The highest BCUT2D eigenvalue weighted by Crippen LogP contribution is 2.28. The zero-order chi connectivity index (χ0) is 17.7. The number of benzene rings is 2. The van der Waals surface area contributed by atoms with Crippen molar-refractivity contribution in [1.29, 1.82) is 0 Å². The molecule has 0 aliphatic carbocycles. The number of carbonyl (C=O) groups is 2. The van der Waals surface area contributed by atoms with Crippen molar-refractivity contribution in [1.82, 2.24) is 0 Å². The van der Waals surface area contributed by atoms with E-state index in [4.69, 9.17) is 27.9 Å². The Morgan fingerprint density at radius 2 is 1.75 bits per heavy atom. The van der Waals surface area contributed by atoms with Crippen molar-refractivity contribution in [2.75, 3.05) is 12.4 Å². The van der Waals surface area contributed by atoms with E-state index in [1.807, 2.05) is 0 Å². The van der Waals surface area contributed by atoms with Crippen molar-refractivity contribution in [3.63, 3.8) is 0 Å². The summed E-state index contributed by atoms with van der Waals surface area (Å²) in [5, 5.41) is 3.50. The van der Waals surface area contributed by atoms with Crippen LogP contribution in [-0.2, 0) is 9.53 Å². The molecule has 0 fully saturated rings. The largest absolute Gasteiger partial charge is 0.479 e. The first kappa shape index (κ1) is 18.1. The molecule has 1 amide bonds. The van der Waals surface area contributed by atoms with Gasteiger partial charge in [-0.3, -0.25) is 4.79 Å². The number of esters is 1. The Hall–Kier alpha value is -2.24. The van der Waals surface area contributed by atoms with Gasteiger partial charge in [0.25, 0.3) is 5.91 Å². The molecule has 0 radical (unpaired) electrons. The van der Waals surface area contributed by atoms with Crippen LogP contribution >= 0.6 is 23.2 Å². The summed E-state index contributed by atoms with van der Waals surface area (Å²) in [6.45, 7) is 1.60. The molecular formula is C17H15Cl2NO4. The lowest BCUT2D eigenvalue weighted by Crippen LogP contribution is -2.30. The van der Waals surface area contributed by atoms with Gasteiger partial charge in [-0.2, -0.15) is 0 Å². The molecule has 0 saturated carbocycles. The van der Waals surface area contributed by atoms with Gasteiger partial charge in [0.2, 0.25) is 0 Å². The highest BCUT2D eigenvalue weighted by atomic mass is 35.5. The van der Waals surface area contributed by atoms with Gasteiger partial charge in [-0.1, -0.05) is 23.2 Å². The molecule has 0 heterocycles. The molecule has 0 aliphatic rings. The molecular weight excluding hydrogens is 353 g/mol. The van der Waals surface area contributed by atoms with Crippen LogP contribution in [0.3, 0.4) is 0 Å². The molecule has 7 heteroatoms. The average Bonchev–Trinajstić information content (AvgIpc) is 2.57.